The number of ether oxygens (including phenoxy) is 1. The second kappa shape index (κ2) is 8.31. The van der Waals surface area contributed by atoms with Crippen molar-refractivity contribution in [3.8, 4) is 11.8 Å². The van der Waals surface area contributed by atoms with Crippen LogP contribution in [-0.2, 0) is 4.79 Å². The zero-order valence-corrected chi connectivity index (χ0v) is 14.2. The first kappa shape index (κ1) is 18.5. The van der Waals surface area contributed by atoms with Gasteiger partial charge in [0.2, 0.25) is 5.49 Å². The fourth-order valence-electron chi connectivity index (χ4n) is 2.24. The van der Waals surface area contributed by atoms with Crippen LogP contribution < -0.4 is 10.2 Å². The van der Waals surface area contributed by atoms with Crippen LogP contribution in [0.15, 0.2) is 52.1 Å². The van der Waals surface area contributed by atoms with Crippen molar-refractivity contribution < 1.29 is 14.7 Å². The summed E-state index contributed by atoms with van der Waals surface area (Å²) in [6.45, 7) is 11.2. The zero-order valence-electron chi connectivity index (χ0n) is 14.2. The Kier molecular flexibility index (Phi) is 5.91. The van der Waals surface area contributed by atoms with Crippen molar-refractivity contribution in [2.75, 3.05) is 13.2 Å². The molecule has 2 rings (SSSR count). The molecule has 0 spiro atoms. The minimum Gasteiger partial charge on any atom is -0.490 e. The van der Waals surface area contributed by atoms with Crippen LogP contribution in [0.4, 0.5) is 0 Å². The summed E-state index contributed by atoms with van der Waals surface area (Å²) in [6.07, 6.45) is 4.20. The number of carbonyl (C=O) groups is 1. The molecule has 1 aromatic rings. The van der Waals surface area contributed by atoms with E-state index in [9.17, 15) is 10.0 Å². The summed E-state index contributed by atoms with van der Waals surface area (Å²) in [6, 6.07) is 4.96. The van der Waals surface area contributed by atoms with Crippen molar-refractivity contribution in [2.24, 2.45) is 10.2 Å². The van der Waals surface area contributed by atoms with Gasteiger partial charge in [-0.3, -0.25) is 4.79 Å². The Labute approximate surface area is 149 Å². The van der Waals surface area contributed by atoms with Gasteiger partial charge in [-0.25, -0.2) is 10.1 Å². The van der Waals surface area contributed by atoms with Gasteiger partial charge >= 0.3 is 0 Å². The maximum absolute atomic E-state index is 12.6. The Morgan fingerprint density at radius 3 is 2.81 bits per heavy atom. The number of rotatable bonds is 4. The molecule has 1 N–H and O–H groups in total. The molecule has 0 unspecified atom stereocenters. The van der Waals surface area contributed by atoms with E-state index >= 15 is 0 Å². The Morgan fingerprint density at radius 1 is 1.42 bits per heavy atom. The Bertz CT molecular complexity index is 940. The molecule has 2 heterocycles. The molecule has 9 heteroatoms. The predicted molar refractivity (Wildman–Crippen MR) is 91.6 cm³/mol. The van der Waals surface area contributed by atoms with E-state index < -0.39 is 5.91 Å². The fraction of sp³-hybridized carbons (Fsp3) is 0.235. The van der Waals surface area contributed by atoms with Gasteiger partial charge < -0.3 is 14.8 Å². The van der Waals surface area contributed by atoms with Crippen molar-refractivity contribution in [2.45, 2.75) is 13.8 Å². The summed E-state index contributed by atoms with van der Waals surface area (Å²) in [5.41, 5.74) is 0.0821. The number of hydrogen-bond donors (Lipinski definition) is 1. The number of hydrogen-bond acceptors (Lipinski definition) is 6. The quantitative estimate of drug-likeness (QED) is 0.383. The molecule has 1 amide bonds. The molecule has 26 heavy (non-hydrogen) atoms. The lowest BCUT2D eigenvalue weighted by Gasteiger charge is -2.25. The number of carbonyl (C=O) groups excluding carboxylic acids is 1. The number of nitrogens with zero attached hydrogens (tertiary/aromatic N) is 6. The van der Waals surface area contributed by atoms with Gasteiger partial charge in [0.25, 0.3) is 11.6 Å². The molecule has 0 radical (unpaired) electrons. The van der Waals surface area contributed by atoms with Gasteiger partial charge in [-0.15, -0.1) is 10.2 Å². The normalized spacial score (nSPS) is 17.8. The summed E-state index contributed by atoms with van der Waals surface area (Å²) in [4.78, 5) is 17.0. The summed E-state index contributed by atoms with van der Waals surface area (Å²) in [5.74, 6) is -0.190. The molecule has 0 bridgehead atoms. The largest absolute Gasteiger partial charge is 0.490 e. The van der Waals surface area contributed by atoms with Crippen LogP contribution in [0.5, 0.6) is 5.75 Å². The third kappa shape index (κ3) is 3.62. The molecule has 0 fully saturated rings. The number of amides is 1. The number of likely N-dealkylation sites (N-methyl/N-ethyl adjacent to an activating group) is 1. The van der Waals surface area contributed by atoms with Gasteiger partial charge in [-0.05, 0) is 38.1 Å². The molecule has 9 nitrogen and oxygen atoms in total. The molecule has 0 saturated carbocycles. The van der Waals surface area contributed by atoms with Crippen LogP contribution in [0.25, 0.3) is 4.85 Å². The van der Waals surface area contributed by atoms with E-state index in [0.717, 1.165) is 4.73 Å². The average Bonchev–Trinajstić information content (AvgIpc) is 2.64. The molecule has 0 aliphatic carbocycles. The maximum Gasteiger partial charge on any atom is 0.284 e. The van der Waals surface area contributed by atoms with E-state index in [1.54, 1.807) is 32.0 Å². The SMILES string of the molecule is [C-]#[N+]/C(C#N)=C1\C=CC(=NN=c2c(OCC)cccn2O)C(=O)N1CC. The van der Waals surface area contributed by atoms with Crippen molar-refractivity contribution in [3.63, 3.8) is 0 Å². The van der Waals surface area contributed by atoms with Crippen molar-refractivity contribution in [1.82, 2.24) is 9.63 Å². The Balaban J connectivity index is 2.54. The van der Waals surface area contributed by atoms with Crippen molar-refractivity contribution in [1.29, 1.82) is 5.26 Å². The lowest BCUT2D eigenvalue weighted by Crippen LogP contribution is -2.38. The van der Waals surface area contributed by atoms with Gasteiger partial charge in [0, 0.05) is 12.7 Å². The van der Waals surface area contributed by atoms with Crippen LogP contribution in [0.3, 0.4) is 0 Å². The van der Waals surface area contributed by atoms with Crippen LogP contribution >= 0.6 is 0 Å². The van der Waals surface area contributed by atoms with Crippen LogP contribution in [0.2, 0.25) is 0 Å². The monoisotopic (exact) mass is 352 g/mol. The maximum atomic E-state index is 12.6. The van der Waals surface area contributed by atoms with Crippen molar-refractivity contribution >= 4 is 11.6 Å². The van der Waals surface area contributed by atoms with Crippen LogP contribution in [0.1, 0.15) is 13.8 Å². The third-order valence-electron chi connectivity index (χ3n) is 3.40. The molecule has 1 aromatic heterocycles. The van der Waals surface area contributed by atoms with Crippen LogP contribution in [-0.4, -0.2) is 39.6 Å². The molecule has 1 aliphatic rings. The Morgan fingerprint density at radius 2 is 2.19 bits per heavy atom. The number of allylic oxidation sites excluding steroid dienone is 2. The van der Waals surface area contributed by atoms with E-state index in [4.69, 9.17) is 16.6 Å². The standard InChI is InChI=1S/C17H16N6O3/c1-4-22-14(13(11-18)19-3)9-8-12(17(22)24)20-21-16-15(26-5-2)7-6-10-23(16)25/h6-10,25H,4-5H2,1-2H3/b14-13+,20-12?,21-16?. The molecular weight excluding hydrogens is 336 g/mol. The molecule has 0 saturated heterocycles. The van der Waals surface area contributed by atoms with E-state index in [-0.39, 0.29) is 29.1 Å². The summed E-state index contributed by atoms with van der Waals surface area (Å²) < 4.78 is 6.11. The van der Waals surface area contributed by atoms with Gasteiger partial charge in [0.1, 0.15) is 0 Å². The molecule has 0 atom stereocenters. The minimum absolute atomic E-state index is 0.00386. The first-order valence-corrected chi connectivity index (χ1v) is 7.74. The second-order valence-corrected chi connectivity index (χ2v) is 4.90. The van der Waals surface area contributed by atoms with E-state index in [0.29, 0.717) is 12.4 Å². The summed E-state index contributed by atoms with van der Waals surface area (Å²) >= 11 is 0. The predicted octanol–water partition coefficient (Wildman–Crippen LogP) is 1.45. The summed E-state index contributed by atoms with van der Waals surface area (Å²) in [5, 5.41) is 26.7. The van der Waals surface area contributed by atoms with Crippen LogP contribution in [0, 0.1) is 17.9 Å². The average molecular weight is 352 g/mol. The second-order valence-electron chi connectivity index (χ2n) is 4.90. The molecular formula is C17H16N6O3. The van der Waals surface area contributed by atoms with E-state index in [1.165, 1.54) is 23.2 Å². The lowest BCUT2D eigenvalue weighted by molar-refractivity contribution is -0.122. The van der Waals surface area contributed by atoms with Gasteiger partial charge in [-0.1, -0.05) is 0 Å². The molecule has 0 aromatic carbocycles. The Hall–Kier alpha value is -3.85. The fourth-order valence-corrected chi connectivity index (χ4v) is 2.24. The number of aromatic nitrogens is 1. The first-order chi connectivity index (χ1) is 12.6. The highest BCUT2D eigenvalue weighted by Crippen LogP contribution is 2.18. The highest BCUT2D eigenvalue weighted by Gasteiger charge is 2.26. The van der Waals surface area contributed by atoms with Crippen molar-refractivity contribution in [3.05, 3.63) is 58.8 Å². The number of pyridine rings is 1. The number of nitriles is 1. The third-order valence-corrected chi connectivity index (χ3v) is 3.40. The van der Waals surface area contributed by atoms with Gasteiger partial charge in [0.15, 0.2) is 11.5 Å². The minimum atomic E-state index is -0.497. The van der Waals surface area contributed by atoms with Gasteiger partial charge in [0.05, 0.1) is 24.9 Å². The van der Waals surface area contributed by atoms with Gasteiger partial charge in [-0.2, -0.15) is 4.73 Å². The zero-order chi connectivity index (χ0) is 19.1. The van der Waals surface area contributed by atoms with E-state index in [1.807, 2.05) is 0 Å². The highest BCUT2D eigenvalue weighted by atomic mass is 16.5. The smallest absolute Gasteiger partial charge is 0.284 e. The van der Waals surface area contributed by atoms with E-state index in [2.05, 4.69) is 15.0 Å². The molecule has 1 aliphatic heterocycles. The highest BCUT2D eigenvalue weighted by molar-refractivity contribution is 6.44. The first-order valence-electron chi connectivity index (χ1n) is 7.74. The topological polar surface area (TPSA) is 108 Å². The summed E-state index contributed by atoms with van der Waals surface area (Å²) in [7, 11) is 0. The lowest BCUT2D eigenvalue weighted by atomic mass is 10.1. The molecule has 132 valence electrons.